The van der Waals surface area contributed by atoms with Gasteiger partial charge in [0.1, 0.15) is 6.10 Å². The fourth-order valence-corrected chi connectivity index (χ4v) is 3.19. The quantitative estimate of drug-likeness (QED) is 0.334. The summed E-state index contributed by atoms with van der Waals surface area (Å²) >= 11 is 3.96. The van der Waals surface area contributed by atoms with E-state index in [1.807, 2.05) is 0 Å². The number of aliphatic hydroxyl groups is 2. The van der Waals surface area contributed by atoms with Crippen LogP contribution in [0.5, 0.6) is 5.75 Å². The van der Waals surface area contributed by atoms with Crippen LogP contribution in [-0.4, -0.2) is 15.5 Å². The molecule has 0 radical (unpaired) electrons. The first kappa shape index (κ1) is 22.4. The van der Waals surface area contributed by atoms with Gasteiger partial charge in [0.05, 0.1) is 22.5 Å². The lowest BCUT2D eigenvalue weighted by atomic mass is 9.92. The smallest absolute Gasteiger partial charge is 0.269 e. The molecule has 2 rings (SSSR count). The van der Waals surface area contributed by atoms with Gasteiger partial charge in [0, 0.05) is 4.53 Å². The first-order valence-electron chi connectivity index (χ1n) is 8.06. The number of hydrogen-bond donors (Lipinski definition) is 3. The van der Waals surface area contributed by atoms with Crippen molar-refractivity contribution in [1.82, 2.24) is 0 Å². The molecule has 0 spiro atoms. The lowest BCUT2D eigenvalue weighted by Gasteiger charge is -2.26. The van der Waals surface area contributed by atoms with Gasteiger partial charge in [-0.05, 0) is 17.5 Å². The number of benzene rings is 2. The molecule has 0 aliphatic rings. The molecule has 0 saturated heterocycles. The average Bonchev–Trinajstić information content (AvgIpc) is 2.68. The van der Waals surface area contributed by atoms with Crippen LogP contribution in [-0.2, 0) is 6.42 Å². The fraction of sp³-hybridized carbons (Fsp3) is 0.333. The normalized spacial score (nSPS) is 14.8. The molecule has 2 aromatic rings. The lowest BCUT2D eigenvalue weighted by molar-refractivity contribution is -0.0181. The number of aryl methyl sites for hydroxylation is 1. The van der Waals surface area contributed by atoms with Crippen LogP contribution in [0.4, 0.5) is 26.5 Å². The molecular weight excluding hydrogens is 410 g/mol. The second-order valence-electron chi connectivity index (χ2n) is 5.91. The van der Waals surface area contributed by atoms with E-state index in [9.17, 15) is 36.7 Å². The van der Waals surface area contributed by atoms with E-state index < -0.39 is 58.2 Å². The Hall–Kier alpha value is -1.91. The van der Waals surface area contributed by atoms with Gasteiger partial charge in [0.15, 0.2) is 17.5 Å². The highest BCUT2D eigenvalue weighted by Gasteiger charge is 2.38. The van der Waals surface area contributed by atoms with Gasteiger partial charge in [-0.2, -0.15) is 12.6 Å². The Bertz CT molecular complexity index is 849. The van der Waals surface area contributed by atoms with E-state index in [1.165, 1.54) is 6.07 Å². The molecule has 0 amide bonds. The van der Waals surface area contributed by atoms with Crippen LogP contribution in [0.1, 0.15) is 47.8 Å². The maximum Gasteiger partial charge on any atom is 0.269 e. The summed E-state index contributed by atoms with van der Waals surface area (Å²) in [5, 5.41) is 19.2. The van der Waals surface area contributed by atoms with E-state index in [0.717, 1.165) is 0 Å². The Morgan fingerprint density at radius 2 is 1.54 bits per heavy atom. The van der Waals surface area contributed by atoms with E-state index in [0.29, 0.717) is 12.0 Å². The van der Waals surface area contributed by atoms with Crippen molar-refractivity contribution >= 4 is 12.6 Å². The summed E-state index contributed by atoms with van der Waals surface area (Å²) < 4.78 is 80.5. The summed E-state index contributed by atoms with van der Waals surface area (Å²) in [5.41, 5.74) is -2.50. The number of thiol groups is 1. The fourth-order valence-electron chi connectivity index (χ4n) is 2.88. The predicted molar refractivity (Wildman–Crippen MR) is 91.5 cm³/mol. The summed E-state index contributed by atoms with van der Waals surface area (Å²) in [6, 6.07) is 6.40. The third-order valence-electron chi connectivity index (χ3n) is 4.34. The molecule has 0 aliphatic heterocycles. The number of hydrogen-bond acceptors (Lipinski definition) is 4. The van der Waals surface area contributed by atoms with Crippen molar-refractivity contribution < 1.29 is 41.6 Å². The lowest BCUT2D eigenvalue weighted by Crippen LogP contribution is -2.24. The molecule has 0 aromatic heterocycles. The van der Waals surface area contributed by atoms with Gasteiger partial charge < -0.3 is 10.2 Å². The second-order valence-corrected chi connectivity index (χ2v) is 6.51. The van der Waals surface area contributed by atoms with E-state index in [2.05, 4.69) is 17.6 Å². The molecule has 0 heterocycles. The van der Waals surface area contributed by atoms with E-state index in [4.69, 9.17) is 0 Å². The molecule has 3 unspecified atom stereocenters. The van der Waals surface area contributed by atoms with E-state index >= 15 is 0 Å². The molecule has 154 valence electrons. The van der Waals surface area contributed by atoms with Crippen LogP contribution in [0.25, 0.3) is 0 Å². The summed E-state index contributed by atoms with van der Waals surface area (Å²) in [4.78, 5) is 3.11. The minimum Gasteiger partial charge on any atom is -0.387 e. The SMILES string of the molecule is CCc1ccccc1C(O)C(S)C(O)c1c(F)c(F)c(C(F)F)c(F)c1OF. The summed E-state index contributed by atoms with van der Waals surface area (Å²) in [7, 11) is 0. The summed E-state index contributed by atoms with van der Waals surface area (Å²) in [5.74, 6) is -8.37. The van der Waals surface area contributed by atoms with Gasteiger partial charge in [-0.1, -0.05) is 31.2 Å². The molecule has 2 aromatic carbocycles. The zero-order valence-electron chi connectivity index (χ0n) is 14.3. The van der Waals surface area contributed by atoms with Gasteiger partial charge in [-0.15, -0.1) is 0 Å². The van der Waals surface area contributed by atoms with Gasteiger partial charge in [-0.3, -0.25) is 4.94 Å². The third-order valence-corrected chi connectivity index (χ3v) is 4.90. The first-order chi connectivity index (χ1) is 13.2. The molecule has 3 nitrogen and oxygen atoms in total. The zero-order valence-corrected chi connectivity index (χ0v) is 15.2. The van der Waals surface area contributed by atoms with Crippen LogP contribution >= 0.6 is 12.6 Å². The van der Waals surface area contributed by atoms with Crippen molar-refractivity contribution in [1.29, 1.82) is 0 Å². The molecule has 10 heteroatoms. The highest BCUT2D eigenvalue weighted by atomic mass is 32.1. The number of halogens is 6. The number of rotatable bonds is 7. The van der Waals surface area contributed by atoms with Crippen molar-refractivity contribution in [3.63, 3.8) is 0 Å². The van der Waals surface area contributed by atoms with Gasteiger partial charge in [-0.25, -0.2) is 22.0 Å². The Labute approximate surface area is 161 Å². The molecule has 0 bridgehead atoms. The van der Waals surface area contributed by atoms with Crippen molar-refractivity contribution in [3.8, 4) is 5.75 Å². The zero-order chi connectivity index (χ0) is 21.2. The second kappa shape index (κ2) is 9.06. The molecule has 3 atom stereocenters. The maximum atomic E-state index is 14.3. The average molecular weight is 426 g/mol. The first-order valence-corrected chi connectivity index (χ1v) is 8.57. The predicted octanol–water partition coefficient (Wildman–Crippen LogP) is 4.93. The van der Waals surface area contributed by atoms with E-state index in [-0.39, 0.29) is 5.56 Å². The van der Waals surface area contributed by atoms with Crippen molar-refractivity contribution in [2.45, 2.75) is 37.2 Å². The Morgan fingerprint density at radius 1 is 0.964 bits per heavy atom. The van der Waals surface area contributed by atoms with Crippen LogP contribution in [0.15, 0.2) is 24.3 Å². The molecule has 2 N–H and O–H groups in total. The minimum atomic E-state index is -3.80. The summed E-state index contributed by atoms with van der Waals surface area (Å²) in [6.45, 7) is 1.78. The van der Waals surface area contributed by atoms with Crippen LogP contribution in [0, 0.1) is 17.5 Å². The van der Waals surface area contributed by atoms with Crippen LogP contribution in [0.3, 0.4) is 0 Å². The monoisotopic (exact) mass is 426 g/mol. The van der Waals surface area contributed by atoms with Crippen LogP contribution in [0.2, 0.25) is 0 Å². The highest BCUT2D eigenvalue weighted by molar-refractivity contribution is 7.81. The van der Waals surface area contributed by atoms with Gasteiger partial charge >= 0.3 is 0 Å². The maximum absolute atomic E-state index is 14.3. The van der Waals surface area contributed by atoms with Crippen molar-refractivity contribution in [2.75, 3.05) is 0 Å². The van der Waals surface area contributed by atoms with Gasteiger partial charge in [0.25, 0.3) is 6.43 Å². The standard InChI is InChI=1S/C18H16F6O3S/c1-2-7-5-3-4-6-8(7)14(25)17(28)15(26)10-12(20)11(19)9(18(22)23)13(21)16(10)27-24/h3-6,14-15,17-18,25-26,28H,2H2,1H3. The Balaban J connectivity index is 2.55. The molecule has 0 aliphatic carbocycles. The highest BCUT2D eigenvalue weighted by Crippen LogP contribution is 2.43. The van der Waals surface area contributed by atoms with E-state index in [1.54, 1.807) is 25.1 Å². The number of alkyl halides is 2. The molecule has 28 heavy (non-hydrogen) atoms. The van der Waals surface area contributed by atoms with Crippen molar-refractivity contribution in [3.05, 3.63) is 64.0 Å². The third kappa shape index (κ3) is 3.94. The van der Waals surface area contributed by atoms with Gasteiger partial charge in [0.2, 0.25) is 5.75 Å². The Kier molecular flexibility index (Phi) is 7.24. The van der Waals surface area contributed by atoms with Crippen LogP contribution < -0.4 is 4.94 Å². The molecular formula is C18H16F6O3S. The van der Waals surface area contributed by atoms with Crippen molar-refractivity contribution in [2.24, 2.45) is 0 Å². The minimum absolute atomic E-state index is 0.289. The Morgan fingerprint density at radius 3 is 2.07 bits per heavy atom. The summed E-state index contributed by atoms with van der Waals surface area (Å²) in [6.07, 6.45) is -7.20. The largest absolute Gasteiger partial charge is 0.387 e. The molecule has 0 fully saturated rings. The number of aliphatic hydroxyl groups excluding tert-OH is 2. The topological polar surface area (TPSA) is 49.7 Å². The molecule has 0 saturated carbocycles.